The highest BCUT2D eigenvalue weighted by atomic mass is 14.9. The number of rotatable bonds is 2. The Labute approximate surface area is 118 Å². The molecule has 0 aromatic heterocycles. The highest BCUT2D eigenvalue weighted by molar-refractivity contribution is 5.46. The molecule has 0 saturated heterocycles. The second-order valence-electron chi connectivity index (χ2n) is 7.47. The number of hydrogen-bond donors (Lipinski definition) is 1. The van der Waals surface area contributed by atoms with E-state index in [4.69, 9.17) is 0 Å². The molecule has 0 spiro atoms. The van der Waals surface area contributed by atoms with E-state index < -0.39 is 0 Å². The molecule has 1 aliphatic carbocycles. The normalized spacial score (nSPS) is 28.2. The van der Waals surface area contributed by atoms with E-state index in [1.54, 1.807) is 0 Å². The second kappa shape index (κ2) is 5.56. The van der Waals surface area contributed by atoms with Crippen molar-refractivity contribution in [2.24, 2.45) is 11.8 Å². The van der Waals surface area contributed by atoms with Gasteiger partial charge in [-0.3, -0.25) is 0 Å². The zero-order valence-electron chi connectivity index (χ0n) is 13.2. The fraction of sp³-hybridized carbons (Fsp3) is 0.667. The highest BCUT2D eigenvalue weighted by Crippen LogP contribution is 2.31. The summed E-state index contributed by atoms with van der Waals surface area (Å²) in [7, 11) is 0. The van der Waals surface area contributed by atoms with Crippen LogP contribution < -0.4 is 5.32 Å². The van der Waals surface area contributed by atoms with Crippen LogP contribution in [-0.4, -0.2) is 6.04 Å². The van der Waals surface area contributed by atoms with Crippen molar-refractivity contribution in [2.75, 3.05) is 5.32 Å². The lowest BCUT2D eigenvalue weighted by atomic mass is 9.80. The van der Waals surface area contributed by atoms with Gasteiger partial charge in [0.25, 0.3) is 0 Å². The van der Waals surface area contributed by atoms with E-state index in [0.29, 0.717) is 6.04 Å². The number of anilines is 1. The molecular formula is C18H29N. The molecule has 3 unspecified atom stereocenters. The van der Waals surface area contributed by atoms with Crippen LogP contribution in [0.3, 0.4) is 0 Å². The number of benzene rings is 1. The molecular weight excluding hydrogens is 230 g/mol. The van der Waals surface area contributed by atoms with E-state index >= 15 is 0 Å². The Bertz CT molecular complexity index is 399. The minimum atomic E-state index is 0.241. The molecule has 0 radical (unpaired) electrons. The third-order valence-corrected chi connectivity index (χ3v) is 4.56. The first-order chi connectivity index (χ1) is 8.86. The average molecular weight is 259 g/mol. The van der Waals surface area contributed by atoms with Gasteiger partial charge >= 0.3 is 0 Å². The minimum Gasteiger partial charge on any atom is -0.382 e. The van der Waals surface area contributed by atoms with E-state index in [9.17, 15) is 0 Å². The van der Waals surface area contributed by atoms with Crippen LogP contribution in [-0.2, 0) is 5.41 Å². The van der Waals surface area contributed by atoms with Crippen LogP contribution in [0, 0.1) is 11.8 Å². The standard InChI is InChI=1S/C18H29N/c1-13-6-7-14(2)17(12-13)19-16-10-8-15(9-11-16)18(3,4)5/h8-11,13-14,17,19H,6-7,12H2,1-5H3. The Morgan fingerprint density at radius 3 is 2.21 bits per heavy atom. The lowest BCUT2D eigenvalue weighted by Crippen LogP contribution is -2.33. The van der Waals surface area contributed by atoms with E-state index in [-0.39, 0.29) is 5.41 Å². The Morgan fingerprint density at radius 2 is 1.63 bits per heavy atom. The lowest BCUT2D eigenvalue weighted by molar-refractivity contribution is 0.280. The quantitative estimate of drug-likeness (QED) is 0.767. The summed E-state index contributed by atoms with van der Waals surface area (Å²) < 4.78 is 0. The van der Waals surface area contributed by atoms with Gasteiger partial charge in [0, 0.05) is 11.7 Å². The molecule has 1 fully saturated rings. The van der Waals surface area contributed by atoms with Crippen LogP contribution >= 0.6 is 0 Å². The van der Waals surface area contributed by atoms with Gasteiger partial charge in [-0.05, 0) is 47.8 Å². The fourth-order valence-corrected chi connectivity index (χ4v) is 3.01. The maximum Gasteiger partial charge on any atom is 0.0342 e. The summed E-state index contributed by atoms with van der Waals surface area (Å²) in [6.07, 6.45) is 4.06. The molecule has 1 saturated carbocycles. The maximum absolute atomic E-state index is 3.74. The average Bonchev–Trinajstić information content (AvgIpc) is 2.33. The van der Waals surface area contributed by atoms with Gasteiger partial charge in [0.1, 0.15) is 0 Å². The van der Waals surface area contributed by atoms with Gasteiger partial charge in [0.15, 0.2) is 0 Å². The molecule has 3 atom stereocenters. The summed E-state index contributed by atoms with van der Waals surface area (Å²) in [6.45, 7) is 11.6. The predicted octanol–water partition coefficient (Wildman–Crippen LogP) is 5.22. The summed E-state index contributed by atoms with van der Waals surface area (Å²) >= 11 is 0. The molecule has 0 aliphatic heterocycles. The van der Waals surface area contributed by atoms with E-state index in [1.807, 2.05) is 0 Å². The second-order valence-corrected chi connectivity index (χ2v) is 7.47. The van der Waals surface area contributed by atoms with Crippen LogP contribution in [0.2, 0.25) is 0 Å². The van der Waals surface area contributed by atoms with Crippen molar-refractivity contribution in [3.8, 4) is 0 Å². The molecule has 1 N–H and O–H groups in total. The van der Waals surface area contributed by atoms with Crippen LogP contribution in [0.15, 0.2) is 24.3 Å². The lowest BCUT2D eigenvalue weighted by Gasteiger charge is -2.34. The Morgan fingerprint density at radius 1 is 1.00 bits per heavy atom. The van der Waals surface area contributed by atoms with E-state index in [0.717, 1.165) is 11.8 Å². The molecule has 1 aliphatic rings. The molecule has 1 aromatic rings. The van der Waals surface area contributed by atoms with Crippen molar-refractivity contribution in [1.29, 1.82) is 0 Å². The summed E-state index contributed by atoms with van der Waals surface area (Å²) in [5, 5.41) is 3.74. The highest BCUT2D eigenvalue weighted by Gasteiger charge is 2.25. The smallest absolute Gasteiger partial charge is 0.0342 e. The Kier molecular flexibility index (Phi) is 4.23. The third kappa shape index (κ3) is 3.75. The van der Waals surface area contributed by atoms with E-state index in [2.05, 4.69) is 64.2 Å². The van der Waals surface area contributed by atoms with Gasteiger partial charge in [0.2, 0.25) is 0 Å². The van der Waals surface area contributed by atoms with Crippen LogP contribution in [0.1, 0.15) is 59.4 Å². The van der Waals surface area contributed by atoms with Crippen LogP contribution in [0.5, 0.6) is 0 Å². The zero-order chi connectivity index (χ0) is 14.0. The molecule has 0 amide bonds. The van der Waals surface area contributed by atoms with Crippen molar-refractivity contribution < 1.29 is 0 Å². The van der Waals surface area contributed by atoms with Gasteiger partial charge in [-0.25, -0.2) is 0 Å². The predicted molar refractivity (Wildman–Crippen MR) is 84.7 cm³/mol. The van der Waals surface area contributed by atoms with Crippen LogP contribution in [0.25, 0.3) is 0 Å². The van der Waals surface area contributed by atoms with Crippen molar-refractivity contribution in [1.82, 2.24) is 0 Å². The topological polar surface area (TPSA) is 12.0 Å². The van der Waals surface area contributed by atoms with Crippen molar-refractivity contribution in [2.45, 2.75) is 65.3 Å². The molecule has 19 heavy (non-hydrogen) atoms. The SMILES string of the molecule is CC1CCC(C)C(Nc2ccc(C(C)(C)C)cc2)C1. The molecule has 106 valence electrons. The first-order valence-corrected chi connectivity index (χ1v) is 7.73. The monoisotopic (exact) mass is 259 g/mol. The van der Waals surface area contributed by atoms with Crippen molar-refractivity contribution >= 4 is 5.69 Å². The molecule has 1 nitrogen and oxygen atoms in total. The number of nitrogens with one attached hydrogen (secondary N) is 1. The van der Waals surface area contributed by atoms with Gasteiger partial charge in [-0.15, -0.1) is 0 Å². The van der Waals surface area contributed by atoms with Gasteiger partial charge in [-0.1, -0.05) is 53.2 Å². The zero-order valence-corrected chi connectivity index (χ0v) is 13.2. The molecule has 1 heteroatoms. The maximum atomic E-state index is 3.74. The van der Waals surface area contributed by atoms with Gasteiger partial charge in [0.05, 0.1) is 0 Å². The molecule has 0 heterocycles. The molecule has 2 rings (SSSR count). The van der Waals surface area contributed by atoms with Crippen LogP contribution in [0.4, 0.5) is 5.69 Å². The van der Waals surface area contributed by atoms with Crippen molar-refractivity contribution in [3.63, 3.8) is 0 Å². The van der Waals surface area contributed by atoms with E-state index in [1.165, 1.54) is 30.5 Å². The van der Waals surface area contributed by atoms with Gasteiger partial charge < -0.3 is 5.32 Å². The summed E-state index contributed by atoms with van der Waals surface area (Å²) in [6, 6.07) is 9.65. The van der Waals surface area contributed by atoms with Crippen molar-refractivity contribution in [3.05, 3.63) is 29.8 Å². The van der Waals surface area contributed by atoms with Gasteiger partial charge in [-0.2, -0.15) is 0 Å². The number of hydrogen-bond acceptors (Lipinski definition) is 1. The summed E-state index contributed by atoms with van der Waals surface area (Å²) in [5.41, 5.74) is 2.92. The minimum absolute atomic E-state index is 0.241. The Hall–Kier alpha value is -0.980. The third-order valence-electron chi connectivity index (χ3n) is 4.56. The summed E-state index contributed by atoms with van der Waals surface area (Å²) in [5.74, 6) is 1.65. The fourth-order valence-electron chi connectivity index (χ4n) is 3.01. The largest absolute Gasteiger partial charge is 0.382 e. The first-order valence-electron chi connectivity index (χ1n) is 7.73. The Balaban J connectivity index is 2.03. The molecule has 0 bridgehead atoms. The summed E-state index contributed by atoms with van der Waals surface area (Å²) in [4.78, 5) is 0. The first kappa shape index (κ1) is 14.4. The molecule has 1 aromatic carbocycles.